The van der Waals surface area contributed by atoms with Crippen LogP contribution in [0, 0.1) is 6.92 Å². The smallest absolute Gasteiger partial charge is 0.163 e. The van der Waals surface area contributed by atoms with Gasteiger partial charge in [-0.15, -0.1) is 0 Å². The minimum Gasteiger partial charge on any atom is -0.298 e. The molecule has 2 aromatic carbocycles. The molecule has 0 saturated heterocycles. The van der Waals surface area contributed by atoms with Gasteiger partial charge in [0, 0.05) is 17.5 Å². The van der Waals surface area contributed by atoms with Gasteiger partial charge in [-0.25, -0.2) is 0 Å². The van der Waals surface area contributed by atoms with Gasteiger partial charge < -0.3 is 0 Å². The summed E-state index contributed by atoms with van der Waals surface area (Å²) in [4.78, 5) is 22.6. The number of hydrogen-bond acceptors (Lipinski definition) is 2. The third-order valence-corrected chi connectivity index (χ3v) is 3.25. The highest BCUT2D eigenvalue weighted by atomic mass is 16.1. The zero-order valence-corrected chi connectivity index (χ0v) is 10.9. The molecule has 2 heteroatoms. The van der Waals surface area contributed by atoms with Gasteiger partial charge in [0.2, 0.25) is 0 Å². The Balaban J connectivity index is 2.01. The van der Waals surface area contributed by atoms with Crippen LogP contribution in [-0.2, 0) is 6.42 Å². The number of hydrogen-bond donors (Lipinski definition) is 0. The molecule has 0 aromatic heterocycles. The van der Waals surface area contributed by atoms with Crippen LogP contribution in [0.3, 0.4) is 0 Å². The van der Waals surface area contributed by atoms with E-state index in [9.17, 15) is 9.59 Å². The van der Waals surface area contributed by atoms with Crippen LogP contribution in [0.4, 0.5) is 0 Å². The lowest BCUT2D eigenvalue weighted by Crippen LogP contribution is -2.02. The average molecular weight is 252 g/mol. The molecule has 0 heterocycles. The van der Waals surface area contributed by atoms with E-state index in [-0.39, 0.29) is 5.78 Å². The fraction of sp³-hybridized carbons (Fsp3) is 0.176. The first-order valence-corrected chi connectivity index (χ1v) is 6.33. The number of carbonyl (C=O) groups excluding carboxylic acids is 2. The first kappa shape index (κ1) is 13.2. The summed E-state index contributed by atoms with van der Waals surface area (Å²) in [5, 5.41) is 0. The van der Waals surface area contributed by atoms with Crippen LogP contribution in [0.15, 0.2) is 48.5 Å². The van der Waals surface area contributed by atoms with Gasteiger partial charge in [0.15, 0.2) is 5.78 Å². The molecule has 2 rings (SSSR count). The van der Waals surface area contributed by atoms with Crippen molar-refractivity contribution in [1.29, 1.82) is 0 Å². The van der Waals surface area contributed by atoms with Crippen molar-refractivity contribution in [2.75, 3.05) is 0 Å². The van der Waals surface area contributed by atoms with E-state index in [2.05, 4.69) is 19.1 Å². The highest BCUT2D eigenvalue weighted by Crippen LogP contribution is 2.12. The van der Waals surface area contributed by atoms with Crippen molar-refractivity contribution in [2.45, 2.75) is 19.8 Å². The standard InChI is InChI=1S/C17H16O2/c1-13-4-2-3-5-15(13)10-11-17(19)16-8-6-14(12-18)7-9-16/h2-9,12H,10-11H2,1H3. The molecule has 0 bridgehead atoms. The third-order valence-electron chi connectivity index (χ3n) is 3.25. The van der Waals surface area contributed by atoms with Crippen LogP contribution >= 0.6 is 0 Å². The van der Waals surface area contributed by atoms with Gasteiger partial charge in [-0.2, -0.15) is 0 Å². The van der Waals surface area contributed by atoms with Crippen molar-refractivity contribution in [2.24, 2.45) is 0 Å². The van der Waals surface area contributed by atoms with E-state index in [4.69, 9.17) is 0 Å². The molecule has 0 aliphatic heterocycles. The van der Waals surface area contributed by atoms with Crippen LogP contribution in [-0.4, -0.2) is 12.1 Å². The lowest BCUT2D eigenvalue weighted by atomic mass is 9.99. The van der Waals surface area contributed by atoms with Gasteiger partial charge in [-0.05, 0) is 24.5 Å². The summed E-state index contributed by atoms with van der Waals surface area (Å²) < 4.78 is 0. The maximum absolute atomic E-state index is 12.0. The van der Waals surface area contributed by atoms with Crippen molar-refractivity contribution in [3.63, 3.8) is 0 Å². The number of ketones is 1. The van der Waals surface area contributed by atoms with Gasteiger partial charge in [-0.3, -0.25) is 9.59 Å². The van der Waals surface area contributed by atoms with Crippen LogP contribution in [0.25, 0.3) is 0 Å². The number of benzene rings is 2. The number of carbonyl (C=O) groups is 2. The number of aryl methyl sites for hydroxylation is 2. The first-order valence-electron chi connectivity index (χ1n) is 6.33. The number of rotatable bonds is 5. The normalized spacial score (nSPS) is 10.2. The average Bonchev–Trinajstić information content (AvgIpc) is 2.46. The summed E-state index contributed by atoms with van der Waals surface area (Å²) in [6.45, 7) is 2.05. The van der Waals surface area contributed by atoms with Gasteiger partial charge in [0.05, 0.1) is 0 Å². The number of Topliss-reactive ketones (excluding diaryl/α,β-unsaturated/α-hetero) is 1. The molecule has 96 valence electrons. The molecular formula is C17H16O2. The summed E-state index contributed by atoms with van der Waals surface area (Å²) >= 11 is 0. The van der Waals surface area contributed by atoms with E-state index in [1.165, 1.54) is 11.1 Å². The fourth-order valence-corrected chi connectivity index (χ4v) is 2.03. The van der Waals surface area contributed by atoms with Crippen molar-refractivity contribution in [3.8, 4) is 0 Å². The molecule has 2 nitrogen and oxygen atoms in total. The molecule has 2 aromatic rings. The van der Waals surface area contributed by atoms with Crippen LogP contribution < -0.4 is 0 Å². The second-order valence-electron chi connectivity index (χ2n) is 4.59. The molecule has 0 aliphatic carbocycles. The van der Waals surface area contributed by atoms with Crippen molar-refractivity contribution in [1.82, 2.24) is 0 Å². The molecule has 0 spiro atoms. The summed E-state index contributed by atoms with van der Waals surface area (Å²) in [5.41, 5.74) is 3.68. The molecule has 0 fully saturated rings. The fourth-order valence-electron chi connectivity index (χ4n) is 2.03. The Morgan fingerprint density at radius 1 is 1.05 bits per heavy atom. The van der Waals surface area contributed by atoms with Crippen molar-refractivity contribution in [3.05, 3.63) is 70.8 Å². The van der Waals surface area contributed by atoms with Crippen molar-refractivity contribution >= 4 is 12.1 Å². The molecule has 19 heavy (non-hydrogen) atoms. The monoisotopic (exact) mass is 252 g/mol. The minimum absolute atomic E-state index is 0.112. The molecule has 0 N–H and O–H groups in total. The molecule has 0 atom stereocenters. The topological polar surface area (TPSA) is 34.1 Å². The largest absolute Gasteiger partial charge is 0.298 e. The molecular weight excluding hydrogens is 236 g/mol. The Kier molecular flexibility index (Phi) is 4.24. The van der Waals surface area contributed by atoms with Gasteiger partial charge in [-0.1, -0.05) is 48.5 Å². The van der Waals surface area contributed by atoms with Crippen LogP contribution in [0.5, 0.6) is 0 Å². The maximum atomic E-state index is 12.0. The Hall–Kier alpha value is -2.22. The zero-order chi connectivity index (χ0) is 13.7. The predicted molar refractivity (Wildman–Crippen MR) is 75.7 cm³/mol. The maximum Gasteiger partial charge on any atom is 0.163 e. The summed E-state index contributed by atoms with van der Waals surface area (Å²) in [7, 11) is 0. The molecule has 0 aliphatic rings. The Bertz CT molecular complexity index is 582. The Morgan fingerprint density at radius 3 is 2.37 bits per heavy atom. The van der Waals surface area contributed by atoms with E-state index in [0.717, 1.165) is 12.7 Å². The Labute approximate surface area is 113 Å². The van der Waals surface area contributed by atoms with E-state index in [1.807, 2.05) is 12.1 Å². The van der Waals surface area contributed by atoms with Crippen molar-refractivity contribution < 1.29 is 9.59 Å². The molecule has 0 amide bonds. The van der Waals surface area contributed by atoms with Gasteiger partial charge in [0.1, 0.15) is 6.29 Å². The lowest BCUT2D eigenvalue weighted by molar-refractivity contribution is 0.0982. The van der Waals surface area contributed by atoms with Gasteiger partial charge in [0.25, 0.3) is 0 Å². The summed E-state index contributed by atoms with van der Waals surface area (Å²) in [5.74, 6) is 0.112. The first-order chi connectivity index (χ1) is 9.20. The lowest BCUT2D eigenvalue weighted by Gasteiger charge is -2.05. The second kappa shape index (κ2) is 6.10. The van der Waals surface area contributed by atoms with E-state index in [1.54, 1.807) is 24.3 Å². The molecule has 0 radical (unpaired) electrons. The molecule has 0 saturated carbocycles. The van der Waals surface area contributed by atoms with Crippen LogP contribution in [0.1, 0.15) is 38.3 Å². The summed E-state index contributed by atoms with van der Waals surface area (Å²) in [6.07, 6.45) is 2.02. The quantitative estimate of drug-likeness (QED) is 0.601. The number of aldehydes is 1. The second-order valence-corrected chi connectivity index (χ2v) is 4.59. The predicted octanol–water partition coefficient (Wildman–Crippen LogP) is 3.62. The van der Waals surface area contributed by atoms with Crippen LogP contribution in [0.2, 0.25) is 0 Å². The highest BCUT2D eigenvalue weighted by Gasteiger charge is 2.07. The van der Waals surface area contributed by atoms with E-state index in [0.29, 0.717) is 17.5 Å². The third kappa shape index (κ3) is 3.38. The zero-order valence-electron chi connectivity index (χ0n) is 10.9. The highest BCUT2D eigenvalue weighted by molar-refractivity contribution is 5.96. The minimum atomic E-state index is 0.112. The molecule has 0 unspecified atom stereocenters. The summed E-state index contributed by atoms with van der Waals surface area (Å²) in [6, 6.07) is 14.9. The SMILES string of the molecule is Cc1ccccc1CCC(=O)c1ccc(C=O)cc1. The van der Waals surface area contributed by atoms with Gasteiger partial charge >= 0.3 is 0 Å². The Morgan fingerprint density at radius 2 is 1.74 bits per heavy atom. The van der Waals surface area contributed by atoms with E-state index >= 15 is 0 Å². The van der Waals surface area contributed by atoms with E-state index < -0.39 is 0 Å².